The number of aryl methyl sites for hydroxylation is 1. The molecule has 0 bridgehead atoms. The molecule has 76 valence electrons. The molecule has 2 heteroatoms. The maximum Gasteiger partial charge on any atom is 0.120 e. The zero-order valence-corrected chi connectivity index (χ0v) is 8.52. The number of carbonyl (C=O) groups excluding carboxylic acids is 1. The third-order valence-electron chi connectivity index (χ3n) is 2.41. The molecule has 1 heterocycles. The van der Waals surface area contributed by atoms with Crippen LogP contribution in [0.2, 0.25) is 0 Å². The SMILES string of the molecule is O=CCCCc1ccc2ccccc2n1. The van der Waals surface area contributed by atoms with Gasteiger partial charge >= 0.3 is 0 Å². The molecule has 15 heavy (non-hydrogen) atoms. The molecule has 0 amide bonds. The summed E-state index contributed by atoms with van der Waals surface area (Å²) in [5, 5.41) is 1.16. The zero-order valence-electron chi connectivity index (χ0n) is 8.52. The van der Waals surface area contributed by atoms with E-state index in [2.05, 4.69) is 17.1 Å². The van der Waals surface area contributed by atoms with Gasteiger partial charge in [-0.25, -0.2) is 0 Å². The largest absolute Gasteiger partial charge is 0.303 e. The highest BCUT2D eigenvalue weighted by molar-refractivity contribution is 5.78. The van der Waals surface area contributed by atoms with Crippen LogP contribution in [0.4, 0.5) is 0 Å². The van der Waals surface area contributed by atoms with Gasteiger partial charge in [0.2, 0.25) is 0 Å². The van der Waals surface area contributed by atoms with Crippen LogP contribution in [0.25, 0.3) is 10.9 Å². The summed E-state index contributed by atoms with van der Waals surface area (Å²) in [5.41, 5.74) is 2.09. The number of rotatable bonds is 4. The van der Waals surface area contributed by atoms with Crippen molar-refractivity contribution in [2.45, 2.75) is 19.3 Å². The van der Waals surface area contributed by atoms with Gasteiger partial charge in [-0.15, -0.1) is 0 Å². The highest BCUT2D eigenvalue weighted by Crippen LogP contribution is 2.12. The number of nitrogens with zero attached hydrogens (tertiary/aromatic N) is 1. The molecule has 0 fully saturated rings. The van der Waals surface area contributed by atoms with Crippen LogP contribution >= 0.6 is 0 Å². The molecular formula is C13H13NO. The highest BCUT2D eigenvalue weighted by atomic mass is 16.1. The number of para-hydroxylation sites is 1. The number of benzene rings is 1. The van der Waals surface area contributed by atoms with E-state index >= 15 is 0 Å². The Balaban J connectivity index is 2.19. The minimum Gasteiger partial charge on any atom is -0.303 e. The summed E-state index contributed by atoms with van der Waals surface area (Å²) < 4.78 is 0. The van der Waals surface area contributed by atoms with Crippen molar-refractivity contribution >= 4 is 17.2 Å². The second-order valence-corrected chi connectivity index (χ2v) is 3.55. The van der Waals surface area contributed by atoms with E-state index in [1.54, 1.807) is 0 Å². The second kappa shape index (κ2) is 4.69. The van der Waals surface area contributed by atoms with Gasteiger partial charge in [0, 0.05) is 17.5 Å². The van der Waals surface area contributed by atoms with E-state index in [1.807, 2.05) is 24.3 Å². The topological polar surface area (TPSA) is 30.0 Å². The van der Waals surface area contributed by atoms with Crippen LogP contribution in [0, 0.1) is 0 Å². The Morgan fingerprint density at radius 3 is 2.87 bits per heavy atom. The number of aromatic nitrogens is 1. The molecule has 0 aliphatic carbocycles. The fraction of sp³-hybridized carbons (Fsp3) is 0.231. The fourth-order valence-electron chi connectivity index (χ4n) is 1.61. The molecule has 0 N–H and O–H groups in total. The quantitative estimate of drug-likeness (QED) is 0.559. The summed E-state index contributed by atoms with van der Waals surface area (Å²) >= 11 is 0. The van der Waals surface area contributed by atoms with Gasteiger partial charge in [-0.1, -0.05) is 24.3 Å². The smallest absolute Gasteiger partial charge is 0.120 e. The molecule has 0 saturated heterocycles. The molecule has 2 aromatic rings. The first kappa shape index (κ1) is 9.84. The normalized spacial score (nSPS) is 10.4. The van der Waals surface area contributed by atoms with Gasteiger partial charge in [0.1, 0.15) is 6.29 Å². The lowest BCUT2D eigenvalue weighted by Crippen LogP contribution is -1.91. The Morgan fingerprint density at radius 2 is 2.00 bits per heavy atom. The Kier molecular flexibility index (Phi) is 3.08. The van der Waals surface area contributed by atoms with Gasteiger partial charge in [0.05, 0.1) is 5.52 Å². The molecule has 1 aromatic carbocycles. The van der Waals surface area contributed by atoms with Crippen LogP contribution in [0.1, 0.15) is 18.5 Å². The monoisotopic (exact) mass is 199 g/mol. The summed E-state index contributed by atoms with van der Waals surface area (Å²) in [4.78, 5) is 14.7. The van der Waals surface area contributed by atoms with Gasteiger partial charge in [0.25, 0.3) is 0 Å². The summed E-state index contributed by atoms with van der Waals surface area (Å²) in [6.07, 6.45) is 3.34. The lowest BCUT2D eigenvalue weighted by Gasteiger charge is -2.01. The Hall–Kier alpha value is -1.70. The molecule has 0 atom stereocenters. The molecule has 1 aromatic heterocycles. The van der Waals surface area contributed by atoms with Crippen molar-refractivity contribution in [2.75, 3.05) is 0 Å². The Labute approximate surface area is 89.0 Å². The maximum absolute atomic E-state index is 10.2. The maximum atomic E-state index is 10.2. The average molecular weight is 199 g/mol. The van der Waals surface area contributed by atoms with Crippen molar-refractivity contribution in [3.05, 3.63) is 42.1 Å². The lowest BCUT2D eigenvalue weighted by atomic mass is 10.1. The van der Waals surface area contributed by atoms with Crippen LogP contribution in [-0.2, 0) is 11.2 Å². The first-order valence-electron chi connectivity index (χ1n) is 5.18. The Bertz CT molecular complexity index is 465. The number of unbranched alkanes of at least 4 members (excludes halogenated alkanes) is 1. The number of pyridine rings is 1. The first-order valence-corrected chi connectivity index (χ1v) is 5.18. The van der Waals surface area contributed by atoms with E-state index in [9.17, 15) is 4.79 Å². The van der Waals surface area contributed by atoms with Gasteiger partial charge in [0.15, 0.2) is 0 Å². The predicted molar refractivity (Wildman–Crippen MR) is 60.7 cm³/mol. The van der Waals surface area contributed by atoms with Crippen molar-refractivity contribution in [3.63, 3.8) is 0 Å². The molecule has 0 radical (unpaired) electrons. The molecule has 0 saturated carbocycles. The number of hydrogen-bond acceptors (Lipinski definition) is 2. The average Bonchev–Trinajstić information content (AvgIpc) is 2.29. The predicted octanol–water partition coefficient (Wildman–Crippen LogP) is 2.76. The highest BCUT2D eigenvalue weighted by Gasteiger charge is 1.97. The molecule has 0 aliphatic heterocycles. The van der Waals surface area contributed by atoms with Gasteiger partial charge in [-0.2, -0.15) is 0 Å². The molecule has 2 rings (SSSR count). The standard InChI is InChI=1S/C13H13NO/c15-10-4-3-6-12-9-8-11-5-1-2-7-13(11)14-12/h1-2,5,7-10H,3-4,6H2. The molecule has 0 aliphatic rings. The second-order valence-electron chi connectivity index (χ2n) is 3.55. The summed E-state index contributed by atoms with van der Waals surface area (Å²) in [6, 6.07) is 12.2. The summed E-state index contributed by atoms with van der Waals surface area (Å²) in [6.45, 7) is 0. The van der Waals surface area contributed by atoms with E-state index in [1.165, 1.54) is 0 Å². The fourth-order valence-corrected chi connectivity index (χ4v) is 1.61. The van der Waals surface area contributed by atoms with Crippen molar-refractivity contribution in [1.29, 1.82) is 0 Å². The third kappa shape index (κ3) is 2.40. The minimum absolute atomic E-state index is 0.620. The van der Waals surface area contributed by atoms with Crippen molar-refractivity contribution in [1.82, 2.24) is 4.98 Å². The molecule has 2 nitrogen and oxygen atoms in total. The van der Waals surface area contributed by atoms with Crippen LogP contribution in [0.15, 0.2) is 36.4 Å². The van der Waals surface area contributed by atoms with Crippen LogP contribution in [0.5, 0.6) is 0 Å². The van der Waals surface area contributed by atoms with Gasteiger partial charge in [-0.05, 0) is 25.0 Å². The van der Waals surface area contributed by atoms with Crippen LogP contribution < -0.4 is 0 Å². The van der Waals surface area contributed by atoms with E-state index in [0.717, 1.165) is 35.7 Å². The van der Waals surface area contributed by atoms with Gasteiger partial charge in [-0.3, -0.25) is 4.98 Å². The van der Waals surface area contributed by atoms with E-state index < -0.39 is 0 Å². The summed E-state index contributed by atoms with van der Waals surface area (Å²) in [7, 11) is 0. The third-order valence-corrected chi connectivity index (χ3v) is 2.41. The van der Waals surface area contributed by atoms with Crippen molar-refractivity contribution in [3.8, 4) is 0 Å². The Morgan fingerprint density at radius 1 is 1.13 bits per heavy atom. The number of fused-ring (bicyclic) bond motifs is 1. The zero-order chi connectivity index (χ0) is 10.5. The number of carbonyl (C=O) groups is 1. The van der Waals surface area contributed by atoms with Gasteiger partial charge < -0.3 is 4.79 Å². The lowest BCUT2D eigenvalue weighted by molar-refractivity contribution is -0.107. The van der Waals surface area contributed by atoms with E-state index in [-0.39, 0.29) is 0 Å². The molecular weight excluding hydrogens is 186 g/mol. The summed E-state index contributed by atoms with van der Waals surface area (Å²) in [5.74, 6) is 0. The van der Waals surface area contributed by atoms with Crippen LogP contribution in [-0.4, -0.2) is 11.3 Å². The van der Waals surface area contributed by atoms with E-state index in [4.69, 9.17) is 0 Å². The number of hydrogen-bond donors (Lipinski definition) is 0. The van der Waals surface area contributed by atoms with Crippen LogP contribution in [0.3, 0.4) is 0 Å². The number of aldehydes is 1. The minimum atomic E-state index is 0.620. The molecule has 0 spiro atoms. The van der Waals surface area contributed by atoms with E-state index in [0.29, 0.717) is 6.42 Å². The first-order chi connectivity index (χ1) is 7.40. The van der Waals surface area contributed by atoms with Crippen molar-refractivity contribution in [2.24, 2.45) is 0 Å². The molecule has 0 unspecified atom stereocenters. The van der Waals surface area contributed by atoms with Crippen molar-refractivity contribution < 1.29 is 4.79 Å².